The summed E-state index contributed by atoms with van der Waals surface area (Å²) in [5.41, 5.74) is 2.24. The van der Waals surface area contributed by atoms with Crippen LogP contribution in [0, 0.1) is 0 Å². The summed E-state index contributed by atoms with van der Waals surface area (Å²) in [4.78, 5) is 1.25. The summed E-state index contributed by atoms with van der Waals surface area (Å²) in [5.74, 6) is 0.933. The smallest absolute Gasteiger partial charge is 0.130 e. The topological polar surface area (TPSA) is 36.8 Å². The highest BCUT2D eigenvalue weighted by Gasteiger charge is 2.18. The van der Waals surface area contributed by atoms with Crippen LogP contribution in [-0.4, -0.2) is 12.3 Å². The van der Waals surface area contributed by atoms with Crippen LogP contribution in [0.25, 0.3) is 0 Å². The fraction of sp³-hybridized carbons (Fsp3) is 0.143. The lowest BCUT2D eigenvalue weighted by Gasteiger charge is -2.11. The molecule has 1 N–H and O–H groups in total. The van der Waals surface area contributed by atoms with E-state index in [0.717, 1.165) is 35.0 Å². The van der Waals surface area contributed by atoms with Gasteiger partial charge in [-0.2, -0.15) is 8.73 Å². The first-order valence-corrected chi connectivity index (χ1v) is 8.75. The molecule has 0 amide bonds. The molecule has 2 aromatic rings. The van der Waals surface area contributed by atoms with Crippen molar-refractivity contribution in [1.82, 2.24) is 0 Å². The molecular weight excluding hydrogens is 345 g/mol. The molecule has 0 spiro atoms. The molecule has 21 heavy (non-hydrogen) atoms. The van der Waals surface area contributed by atoms with E-state index < -0.39 is 0 Å². The van der Waals surface area contributed by atoms with Crippen molar-refractivity contribution in [3.63, 3.8) is 0 Å². The molecule has 0 aliphatic carbocycles. The Kier molecular flexibility index (Phi) is 4.85. The molecule has 0 saturated heterocycles. The fourth-order valence-electron chi connectivity index (χ4n) is 1.90. The first-order chi connectivity index (χ1) is 10.3. The molecule has 0 atom stereocenters. The van der Waals surface area contributed by atoms with E-state index in [-0.39, 0.29) is 0 Å². The van der Waals surface area contributed by atoms with Crippen LogP contribution in [0.3, 0.4) is 0 Å². The summed E-state index contributed by atoms with van der Waals surface area (Å²) in [7, 11) is 0. The molecule has 108 valence electrons. The van der Waals surface area contributed by atoms with E-state index in [9.17, 15) is 0 Å². The van der Waals surface area contributed by atoms with Crippen LogP contribution in [-0.2, 0) is 11.4 Å². The number of hydrogen-bond donors (Lipinski definition) is 1. The number of benzene rings is 2. The Morgan fingerprint density at radius 2 is 1.81 bits per heavy atom. The molecule has 1 aliphatic rings. The molecule has 0 aromatic heterocycles. The standard InChI is InChI=1S/C14H11Cl2N3S2/c15-10-8-11(16)13-14(19-21-18-13)12(10)17-6-7-20-9-4-2-1-3-5-9/h1-5,8,17H,6-7H2. The Bertz CT molecular complexity index is 729. The van der Waals surface area contributed by atoms with Gasteiger partial charge in [0, 0.05) is 17.2 Å². The normalized spacial score (nSPS) is 12.1. The highest BCUT2D eigenvalue weighted by atomic mass is 35.5. The Labute approximate surface area is 140 Å². The van der Waals surface area contributed by atoms with E-state index in [1.54, 1.807) is 17.8 Å². The number of hydrogen-bond acceptors (Lipinski definition) is 4. The number of nitrogens with zero attached hydrogens (tertiary/aromatic N) is 2. The Balaban J connectivity index is 1.64. The molecule has 0 saturated carbocycles. The van der Waals surface area contributed by atoms with E-state index in [2.05, 4.69) is 26.2 Å². The molecule has 0 unspecified atom stereocenters. The number of halogens is 2. The zero-order chi connectivity index (χ0) is 14.7. The van der Waals surface area contributed by atoms with Crippen molar-refractivity contribution in [2.75, 3.05) is 17.6 Å². The third-order valence-electron chi connectivity index (χ3n) is 2.86. The Hall–Kier alpha value is -1.01. The lowest BCUT2D eigenvalue weighted by atomic mass is 10.2. The molecular formula is C14H11Cl2N3S2. The van der Waals surface area contributed by atoms with Crippen LogP contribution in [0.15, 0.2) is 50.0 Å². The van der Waals surface area contributed by atoms with Gasteiger partial charge >= 0.3 is 0 Å². The third kappa shape index (κ3) is 3.43. The maximum Gasteiger partial charge on any atom is 0.130 e. The van der Waals surface area contributed by atoms with E-state index in [1.165, 1.54) is 4.90 Å². The summed E-state index contributed by atoms with van der Waals surface area (Å²) in [5, 5.41) is 4.44. The lowest BCUT2D eigenvalue weighted by Crippen LogP contribution is -2.04. The number of nitrogens with one attached hydrogen (secondary N) is 1. The minimum absolute atomic E-state index is 0.535. The van der Waals surface area contributed by atoms with Gasteiger partial charge in [0.1, 0.15) is 11.4 Å². The largest absolute Gasteiger partial charge is 0.381 e. The summed E-state index contributed by atoms with van der Waals surface area (Å²) >= 11 is 15.3. The molecule has 3 rings (SSSR count). The minimum Gasteiger partial charge on any atom is -0.381 e. The van der Waals surface area contributed by atoms with E-state index in [0.29, 0.717) is 15.7 Å². The second-order valence-electron chi connectivity index (χ2n) is 4.26. The van der Waals surface area contributed by atoms with Gasteiger partial charge in [0.2, 0.25) is 0 Å². The number of rotatable bonds is 5. The van der Waals surface area contributed by atoms with Gasteiger partial charge in [-0.3, -0.25) is 0 Å². The Morgan fingerprint density at radius 1 is 1.05 bits per heavy atom. The average molecular weight is 356 g/mol. The van der Waals surface area contributed by atoms with Crippen molar-refractivity contribution >= 4 is 63.4 Å². The number of fused-ring (bicyclic) bond motifs is 1. The first kappa shape index (κ1) is 14.9. The highest BCUT2D eigenvalue weighted by molar-refractivity contribution is 7.99. The second kappa shape index (κ2) is 6.83. The van der Waals surface area contributed by atoms with Crippen LogP contribution >= 0.6 is 35.0 Å². The van der Waals surface area contributed by atoms with Crippen molar-refractivity contribution in [3.05, 3.63) is 46.4 Å². The third-order valence-corrected chi connectivity index (χ3v) is 4.99. The van der Waals surface area contributed by atoms with Crippen molar-refractivity contribution in [3.8, 4) is 0 Å². The number of thioether (sulfide) groups is 1. The molecule has 0 fully saturated rings. The van der Waals surface area contributed by atoms with Crippen LogP contribution in [0.4, 0.5) is 17.1 Å². The maximum absolute atomic E-state index is 6.24. The summed E-state index contributed by atoms with van der Waals surface area (Å²) in [6, 6.07) is 12.0. The quantitative estimate of drug-likeness (QED) is 0.455. The van der Waals surface area contributed by atoms with E-state index >= 15 is 0 Å². The van der Waals surface area contributed by atoms with Crippen LogP contribution in [0.5, 0.6) is 0 Å². The molecule has 1 heterocycles. The van der Waals surface area contributed by atoms with E-state index in [4.69, 9.17) is 23.2 Å². The van der Waals surface area contributed by atoms with Gasteiger partial charge in [-0.05, 0) is 18.2 Å². The number of anilines is 1. The zero-order valence-corrected chi connectivity index (χ0v) is 14.0. The molecule has 2 aromatic carbocycles. The van der Waals surface area contributed by atoms with Gasteiger partial charge in [0.25, 0.3) is 0 Å². The van der Waals surface area contributed by atoms with Gasteiger partial charge in [-0.1, -0.05) is 41.4 Å². The van der Waals surface area contributed by atoms with Crippen molar-refractivity contribution in [2.24, 2.45) is 8.73 Å². The molecule has 7 heteroatoms. The first-order valence-electron chi connectivity index (χ1n) is 6.27. The van der Waals surface area contributed by atoms with Crippen LogP contribution in [0.2, 0.25) is 10.0 Å². The van der Waals surface area contributed by atoms with Gasteiger partial charge in [-0.15, -0.1) is 11.8 Å². The zero-order valence-electron chi connectivity index (χ0n) is 10.8. The van der Waals surface area contributed by atoms with Crippen molar-refractivity contribution in [1.29, 1.82) is 0 Å². The van der Waals surface area contributed by atoms with Crippen molar-refractivity contribution in [2.45, 2.75) is 4.90 Å². The highest BCUT2D eigenvalue weighted by Crippen LogP contribution is 2.47. The lowest BCUT2D eigenvalue weighted by molar-refractivity contribution is 1.22. The molecule has 3 nitrogen and oxygen atoms in total. The molecule has 0 radical (unpaired) electrons. The maximum atomic E-state index is 6.24. The average Bonchev–Trinajstić information content (AvgIpc) is 2.97. The SMILES string of the molecule is Clc1cc(Cl)c(NCCSc2ccccc2)c2c1N=S=N2. The van der Waals surface area contributed by atoms with Crippen LogP contribution < -0.4 is 5.32 Å². The van der Waals surface area contributed by atoms with Crippen LogP contribution in [0.1, 0.15) is 0 Å². The fourth-order valence-corrected chi connectivity index (χ4v) is 3.87. The predicted molar refractivity (Wildman–Crippen MR) is 93.7 cm³/mol. The van der Waals surface area contributed by atoms with Gasteiger partial charge in [-0.25, -0.2) is 0 Å². The molecule has 1 aliphatic heterocycles. The van der Waals surface area contributed by atoms with Gasteiger partial charge in [0.05, 0.1) is 27.1 Å². The minimum atomic E-state index is 0.535. The van der Waals surface area contributed by atoms with Gasteiger partial charge in [0.15, 0.2) is 0 Å². The summed E-state index contributed by atoms with van der Waals surface area (Å²) < 4.78 is 8.46. The van der Waals surface area contributed by atoms with Gasteiger partial charge < -0.3 is 5.32 Å². The summed E-state index contributed by atoms with van der Waals surface area (Å²) in [6.07, 6.45) is 0. The molecule has 0 bridgehead atoms. The van der Waals surface area contributed by atoms with E-state index in [1.807, 2.05) is 18.2 Å². The Morgan fingerprint density at radius 3 is 2.62 bits per heavy atom. The van der Waals surface area contributed by atoms with Crippen molar-refractivity contribution < 1.29 is 0 Å². The summed E-state index contributed by atoms with van der Waals surface area (Å²) in [6.45, 7) is 0.785. The second-order valence-corrected chi connectivity index (χ2v) is 6.78. The monoisotopic (exact) mass is 355 g/mol. The predicted octanol–water partition coefficient (Wildman–Crippen LogP) is 5.92.